The summed E-state index contributed by atoms with van der Waals surface area (Å²) in [5, 5.41) is 18.7. The summed E-state index contributed by atoms with van der Waals surface area (Å²) in [6.45, 7) is 1.91. The van der Waals surface area contributed by atoms with E-state index in [9.17, 15) is 9.90 Å². The number of aromatic amines is 1. The first kappa shape index (κ1) is 13.2. The van der Waals surface area contributed by atoms with Crippen LogP contribution in [0.25, 0.3) is 0 Å². The number of aromatic nitrogens is 3. The minimum atomic E-state index is -0.318. The standard InChI is InChI=1S/C13H16N4O2/c1-2-3-10-6-11(17-16-10)13(19)15-12-7-14-5-4-9(12)8-18/h4-7,18H,2-3,8H2,1H3,(H,15,19)(H,16,17). The summed E-state index contributed by atoms with van der Waals surface area (Å²) < 4.78 is 0. The topological polar surface area (TPSA) is 90.9 Å². The molecule has 1 amide bonds. The van der Waals surface area contributed by atoms with E-state index in [1.807, 2.05) is 0 Å². The van der Waals surface area contributed by atoms with Crippen LogP contribution in [0, 0.1) is 0 Å². The second-order valence-corrected chi connectivity index (χ2v) is 4.17. The van der Waals surface area contributed by atoms with Gasteiger partial charge < -0.3 is 10.4 Å². The van der Waals surface area contributed by atoms with Gasteiger partial charge in [-0.25, -0.2) is 0 Å². The number of carbonyl (C=O) groups excluding carboxylic acids is 1. The van der Waals surface area contributed by atoms with Crippen LogP contribution >= 0.6 is 0 Å². The largest absolute Gasteiger partial charge is 0.392 e. The van der Waals surface area contributed by atoms with Gasteiger partial charge in [0, 0.05) is 17.5 Å². The van der Waals surface area contributed by atoms with Crippen LogP contribution in [0.3, 0.4) is 0 Å². The fourth-order valence-corrected chi connectivity index (χ4v) is 1.74. The van der Waals surface area contributed by atoms with E-state index in [1.54, 1.807) is 18.3 Å². The van der Waals surface area contributed by atoms with Crippen LogP contribution < -0.4 is 5.32 Å². The number of pyridine rings is 1. The Morgan fingerprint density at radius 2 is 2.37 bits per heavy atom. The highest BCUT2D eigenvalue weighted by Crippen LogP contribution is 2.14. The number of aliphatic hydroxyl groups excluding tert-OH is 1. The Balaban J connectivity index is 2.11. The molecule has 6 heteroatoms. The molecule has 0 atom stereocenters. The average Bonchev–Trinajstić information content (AvgIpc) is 2.88. The molecule has 0 radical (unpaired) electrons. The van der Waals surface area contributed by atoms with E-state index in [0.29, 0.717) is 16.9 Å². The summed E-state index contributed by atoms with van der Waals surface area (Å²) in [5.41, 5.74) is 2.38. The number of aryl methyl sites for hydroxylation is 1. The second-order valence-electron chi connectivity index (χ2n) is 4.17. The number of hydrogen-bond donors (Lipinski definition) is 3. The Morgan fingerprint density at radius 3 is 3.11 bits per heavy atom. The number of aliphatic hydroxyl groups is 1. The highest BCUT2D eigenvalue weighted by molar-refractivity contribution is 6.03. The van der Waals surface area contributed by atoms with Crippen molar-refractivity contribution in [3.8, 4) is 0 Å². The van der Waals surface area contributed by atoms with E-state index in [1.165, 1.54) is 6.20 Å². The SMILES string of the molecule is CCCc1cc(C(=O)Nc2cnccc2CO)n[nH]1. The van der Waals surface area contributed by atoms with Gasteiger partial charge in [-0.15, -0.1) is 0 Å². The van der Waals surface area contributed by atoms with Gasteiger partial charge in [0.2, 0.25) is 0 Å². The average molecular weight is 260 g/mol. The molecule has 0 aromatic carbocycles. The third-order valence-corrected chi connectivity index (χ3v) is 2.71. The smallest absolute Gasteiger partial charge is 0.276 e. The quantitative estimate of drug-likeness (QED) is 0.759. The predicted molar refractivity (Wildman–Crippen MR) is 70.7 cm³/mol. The molecular weight excluding hydrogens is 244 g/mol. The zero-order valence-electron chi connectivity index (χ0n) is 10.7. The van der Waals surface area contributed by atoms with E-state index < -0.39 is 0 Å². The first-order chi connectivity index (χ1) is 9.24. The monoisotopic (exact) mass is 260 g/mol. The summed E-state index contributed by atoms with van der Waals surface area (Å²) in [6.07, 6.45) is 4.91. The Bertz CT molecular complexity index is 565. The summed E-state index contributed by atoms with van der Waals surface area (Å²) in [6, 6.07) is 3.39. The molecule has 100 valence electrons. The van der Waals surface area contributed by atoms with Gasteiger partial charge in [0.05, 0.1) is 18.5 Å². The van der Waals surface area contributed by atoms with Crippen molar-refractivity contribution in [1.29, 1.82) is 0 Å². The minimum Gasteiger partial charge on any atom is -0.392 e. The van der Waals surface area contributed by atoms with Crippen LogP contribution in [0.4, 0.5) is 5.69 Å². The normalized spacial score (nSPS) is 10.4. The molecule has 2 heterocycles. The van der Waals surface area contributed by atoms with Crippen molar-refractivity contribution < 1.29 is 9.90 Å². The minimum absolute atomic E-state index is 0.153. The molecule has 19 heavy (non-hydrogen) atoms. The highest BCUT2D eigenvalue weighted by atomic mass is 16.3. The Labute approximate surface area is 110 Å². The molecule has 2 aromatic heterocycles. The number of nitrogens with one attached hydrogen (secondary N) is 2. The van der Waals surface area contributed by atoms with E-state index in [-0.39, 0.29) is 12.5 Å². The molecule has 3 N–H and O–H groups in total. The second kappa shape index (κ2) is 6.10. The van der Waals surface area contributed by atoms with Crippen LogP contribution in [0.5, 0.6) is 0 Å². The third kappa shape index (κ3) is 3.17. The maximum absolute atomic E-state index is 12.0. The lowest BCUT2D eigenvalue weighted by Gasteiger charge is -2.06. The first-order valence-electron chi connectivity index (χ1n) is 6.14. The maximum atomic E-state index is 12.0. The zero-order valence-corrected chi connectivity index (χ0v) is 10.7. The summed E-state index contributed by atoms with van der Waals surface area (Å²) in [4.78, 5) is 15.9. The summed E-state index contributed by atoms with van der Waals surface area (Å²) in [7, 11) is 0. The summed E-state index contributed by atoms with van der Waals surface area (Å²) >= 11 is 0. The van der Waals surface area contributed by atoms with Crippen molar-refractivity contribution in [3.05, 3.63) is 41.5 Å². The van der Waals surface area contributed by atoms with E-state index >= 15 is 0 Å². The van der Waals surface area contributed by atoms with Crippen molar-refractivity contribution in [3.63, 3.8) is 0 Å². The Morgan fingerprint density at radius 1 is 1.53 bits per heavy atom. The van der Waals surface area contributed by atoms with Crippen molar-refractivity contribution in [1.82, 2.24) is 15.2 Å². The molecule has 6 nitrogen and oxygen atoms in total. The molecule has 0 fully saturated rings. The van der Waals surface area contributed by atoms with E-state index in [2.05, 4.69) is 27.4 Å². The molecule has 0 saturated carbocycles. The molecule has 0 spiro atoms. The number of carbonyl (C=O) groups is 1. The van der Waals surface area contributed by atoms with Gasteiger partial charge in [-0.2, -0.15) is 5.10 Å². The van der Waals surface area contributed by atoms with Crippen LogP contribution in [0.2, 0.25) is 0 Å². The highest BCUT2D eigenvalue weighted by Gasteiger charge is 2.12. The van der Waals surface area contributed by atoms with Gasteiger partial charge in [-0.1, -0.05) is 13.3 Å². The van der Waals surface area contributed by atoms with Gasteiger partial charge in [0.1, 0.15) is 0 Å². The number of rotatable bonds is 5. The van der Waals surface area contributed by atoms with Crippen LogP contribution in [0.1, 0.15) is 35.1 Å². The first-order valence-corrected chi connectivity index (χ1v) is 6.14. The lowest BCUT2D eigenvalue weighted by atomic mass is 10.2. The zero-order chi connectivity index (χ0) is 13.7. The van der Waals surface area contributed by atoms with Gasteiger partial charge in [0.25, 0.3) is 5.91 Å². The fraction of sp³-hybridized carbons (Fsp3) is 0.308. The summed E-state index contributed by atoms with van der Waals surface area (Å²) in [5.74, 6) is -0.318. The molecule has 2 aromatic rings. The molecule has 0 saturated heterocycles. The van der Waals surface area contributed by atoms with Gasteiger partial charge in [-0.05, 0) is 18.6 Å². The number of amides is 1. The molecule has 0 aliphatic heterocycles. The van der Waals surface area contributed by atoms with E-state index in [0.717, 1.165) is 18.5 Å². The van der Waals surface area contributed by atoms with Crippen molar-refractivity contribution in [2.75, 3.05) is 5.32 Å². The van der Waals surface area contributed by atoms with Crippen LogP contribution in [0.15, 0.2) is 24.5 Å². The fourth-order valence-electron chi connectivity index (χ4n) is 1.74. The van der Waals surface area contributed by atoms with Gasteiger partial charge in [0.15, 0.2) is 5.69 Å². The van der Waals surface area contributed by atoms with E-state index in [4.69, 9.17) is 0 Å². The molecule has 0 aliphatic rings. The lowest BCUT2D eigenvalue weighted by Crippen LogP contribution is -2.14. The van der Waals surface area contributed by atoms with Crippen molar-refractivity contribution in [2.24, 2.45) is 0 Å². The predicted octanol–water partition coefficient (Wildman–Crippen LogP) is 1.50. The Hall–Kier alpha value is -2.21. The molecule has 0 unspecified atom stereocenters. The number of anilines is 1. The van der Waals surface area contributed by atoms with Crippen LogP contribution in [-0.4, -0.2) is 26.2 Å². The molecule has 0 bridgehead atoms. The number of hydrogen-bond acceptors (Lipinski definition) is 4. The maximum Gasteiger partial charge on any atom is 0.276 e. The molecule has 2 rings (SSSR count). The van der Waals surface area contributed by atoms with Gasteiger partial charge in [-0.3, -0.25) is 14.9 Å². The van der Waals surface area contributed by atoms with Crippen molar-refractivity contribution >= 4 is 11.6 Å². The number of H-pyrrole nitrogens is 1. The van der Waals surface area contributed by atoms with Crippen molar-refractivity contribution in [2.45, 2.75) is 26.4 Å². The van der Waals surface area contributed by atoms with Crippen LogP contribution in [-0.2, 0) is 13.0 Å². The van der Waals surface area contributed by atoms with Gasteiger partial charge >= 0.3 is 0 Å². The lowest BCUT2D eigenvalue weighted by molar-refractivity contribution is 0.102. The Kier molecular flexibility index (Phi) is 4.25. The number of nitrogens with zero attached hydrogens (tertiary/aromatic N) is 2. The molecular formula is C13H16N4O2. The third-order valence-electron chi connectivity index (χ3n) is 2.71. The molecule has 0 aliphatic carbocycles.